The Bertz CT molecular complexity index is 623. The number of carbonyl (C=O) groups is 1. The van der Waals surface area contributed by atoms with Gasteiger partial charge >= 0.3 is 0 Å². The number of hydrogen-bond donors (Lipinski definition) is 1. The monoisotopic (exact) mass is 313 g/mol. The molecule has 4 heteroatoms. The molecule has 0 unspecified atom stereocenters. The molecule has 0 radical (unpaired) electrons. The smallest absolute Gasteiger partial charge is 0.248 e. The molecular formula is C19H23NO3. The number of rotatable bonds is 9. The molecule has 0 bridgehead atoms. The molecule has 0 atom stereocenters. The summed E-state index contributed by atoms with van der Waals surface area (Å²) in [6.45, 7) is 1.51. The van der Waals surface area contributed by atoms with E-state index in [0.717, 1.165) is 42.7 Å². The van der Waals surface area contributed by atoms with Gasteiger partial charge in [0.2, 0.25) is 5.91 Å². The van der Waals surface area contributed by atoms with E-state index in [1.807, 2.05) is 36.4 Å². The summed E-state index contributed by atoms with van der Waals surface area (Å²) >= 11 is 0. The normalized spacial score (nSPS) is 10.5. The number of carbonyl (C=O) groups excluding carboxylic acids is 1. The van der Waals surface area contributed by atoms with Crippen LogP contribution in [0.5, 0.6) is 5.75 Å². The standard InChI is InChI=1S/C19H23NO3/c1-22-12-3-2-4-13-23-18-10-8-15(9-11-18)16-6-5-7-17(14-16)19(20)21/h5-11,14H,2-4,12-13H2,1H3,(H2,20,21). The lowest BCUT2D eigenvalue weighted by Gasteiger charge is -2.08. The molecule has 122 valence electrons. The predicted octanol–water partition coefficient (Wildman–Crippen LogP) is 3.65. The van der Waals surface area contributed by atoms with Crippen molar-refractivity contribution in [2.24, 2.45) is 5.73 Å². The van der Waals surface area contributed by atoms with E-state index in [-0.39, 0.29) is 0 Å². The summed E-state index contributed by atoms with van der Waals surface area (Å²) in [7, 11) is 1.72. The summed E-state index contributed by atoms with van der Waals surface area (Å²) in [5, 5.41) is 0. The molecule has 1 amide bonds. The van der Waals surface area contributed by atoms with Crippen LogP contribution < -0.4 is 10.5 Å². The van der Waals surface area contributed by atoms with Gasteiger partial charge in [0.05, 0.1) is 6.61 Å². The van der Waals surface area contributed by atoms with E-state index >= 15 is 0 Å². The van der Waals surface area contributed by atoms with Gasteiger partial charge in [-0.3, -0.25) is 4.79 Å². The SMILES string of the molecule is COCCCCCOc1ccc(-c2cccc(C(N)=O)c2)cc1. The summed E-state index contributed by atoms with van der Waals surface area (Å²) in [6, 6.07) is 15.2. The first-order valence-electron chi connectivity index (χ1n) is 7.83. The first kappa shape index (κ1) is 17.0. The third-order valence-electron chi connectivity index (χ3n) is 3.60. The van der Waals surface area contributed by atoms with Crippen LogP contribution >= 0.6 is 0 Å². The highest BCUT2D eigenvalue weighted by atomic mass is 16.5. The topological polar surface area (TPSA) is 61.6 Å². The zero-order chi connectivity index (χ0) is 16.5. The van der Waals surface area contributed by atoms with Crippen molar-refractivity contribution in [3.63, 3.8) is 0 Å². The number of methoxy groups -OCH3 is 1. The number of unbranched alkanes of at least 4 members (excludes halogenated alkanes) is 2. The summed E-state index contributed by atoms with van der Waals surface area (Å²) < 4.78 is 10.7. The van der Waals surface area contributed by atoms with E-state index < -0.39 is 5.91 Å². The summed E-state index contributed by atoms with van der Waals surface area (Å²) in [5.74, 6) is 0.437. The molecule has 0 saturated heterocycles. The van der Waals surface area contributed by atoms with Gasteiger partial charge in [-0.1, -0.05) is 24.3 Å². The molecule has 2 aromatic carbocycles. The maximum absolute atomic E-state index is 11.2. The first-order valence-corrected chi connectivity index (χ1v) is 7.83. The minimum Gasteiger partial charge on any atom is -0.494 e. The second kappa shape index (κ2) is 8.96. The number of primary amides is 1. The molecule has 2 aromatic rings. The maximum Gasteiger partial charge on any atom is 0.248 e. The van der Waals surface area contributed by atoms with Crippen LogP contribution in [0.15, 0.2) is 48.5 Å². The molecular weight excluding hydrogens is 290 g/mol. The number of nitrogens with two attached hydrogens (primary N) is 1. The average molecular weight is 313 g/mol. The molecule has 0 spiro atoms. The minimum absolute atomic E-state index is 0.416. The Balaban J connectivity index is 1.89. The molecule has 0 aliphatic heterocycles. The van der Waals surface area contributed by atoms with Crippen LogP contribution in [0.1, 0.15) is 29.6 Å². The third-order valence-corrected chi connectivity index (χ3v) is 3.60. The average Bonchev–Trinajstić information content (AvgIpc) is 2.58. The Morgan fingerprint density at radius 2 is 1.70 bits per heavy atom. The Labute approximate surface area is 137 Å². The van der Waals surface area contributed by atoms with Gasteiger partial charge in [0.15, 0.2) is 0 Å². The molecule has 2 N–H and O–H groups in total. The van der Waals surface area contributed by atoms with Crippen molar-refractivity contribution in [3.8, 4) is 16.9 Å². The van der Waals surface area contributed by atoms with Gasteiger partial charge in [-0.05, 0) is 54.7 Å². The Kier molecular flexibility index (Phi) is 6.63. The highest BCUT2D eigenvalue weighted by Gasteiger charge is 2.03. The molecule has 0 aliphatic rings. The molecule has 0 aromatic heterocycles. The van der Waals surface area contributed by atoms with Crippen LogP contribution in [0.3, 0.4) is 0 Å². The lowest BCUT2D eigenvalue weighted by Crippen LogP contribution is -2.10. The third kappa shape index (κ3) is 5.42. The predicted molar refractivity (Wildman–Crippen MR) is 91.6 cm³/mol. The Hall–Kier alpha value is -2.33. The van der Waals surface area contributed by atoms with Gasteiger partial charge in [-0.15, -0.1) is 0 Å². The van der Waals surface area contributed by atoms with E-state index in [1.165, 1.54) is 0 Å². The van der Waals surface area contributed by atoms with Gasteiger partial charge in [0.1, 0.15) is 5.75 Å². The van der Waals surface area contributed by atoms with Crippen molar-refractivity contribution in [2.75, 3.05) is 20.3 Å². The number of benzene rings is 2. The van der Waals surface area contributed by atoms with Crippen LogP contribution in [-0.4, -0.2) is 26.2 Å². The highest BCUT2D eigenvalue weighted by molar-refractivity contribution is 5.94. The van der Waals surface area contributed by atoms with Crippen molar-refractivity contribution >= 4 is 5.91 Å². The maximum atomic E-state index is 11.2. The summed E-state index contributed by atoms with van der Waals surface area (Å²) in [5.41, 5.74) is 7.82. The van der Waals surface area contributed by atoms with Crippen molar-refractivity contribution in [2.45, 2.75) is 19.3 Å². The highest BCUT2D eigenvalue weighted by Crippen LogP contribution is 2.23. The summed E-state index contributed by atoms with van der Waals surface area (Å²) in [6.07, 6.45) is 3.19. The molecule has 23 heavy (non-hydrogen) atoms. The van der Waals surface area contributed by atoms with Crippen molar-refractivity contribution in [1.29, 1.82) is 0 Å². The lowest BCUT2D eigenvalue weighted by molar-refractivity contribution is 0.100. The number of ether oxygens (including phenoxy) is 2. The second-order valence-electron chi connectivity index (χ2n) is 5.37. The number of hydrogen-bond acceptors (Lipinski definition) is 3. The lowest BCUT2D eigenvalue weighted by atomic mass is 10.0. The largest absolute Gasteiger partial charge is 0.494 e. The quantitative estimate of drug-likeness (QED) is 0.719. The van der Waals surface area contributed by atoms with Crippen molar-refractivity contribution in [3.05, 3.63) is 54.1 Å². The van der Waals surface area contributed by atoms with Gasteiger partial charge in [0.25, 0.3) is 0 Å². The van der Waals surface area contributed by atoms with Crippen LogP contribution in [0, 0.1) is 0 Å². The van der Waals surface area contributed by atoms with Crippen LogP contribution in [-0.2, 0) is 4.74 Å². The molecule has 4 nitrogen and oxygen atoms in total. The molecule has 0 saturated carbocycles. The first-order chi connectivity index (χ1) is 11.2. The fraction of sp³-hybridized carbons (Fsp3) is 0.316. The molecule has 0 fully saturated rings. The zero-order valence-corrected chi connectivity index (χ0v) is 13.5. The fourth-order valence-electron chi connectivity index (χ4n) is 2.31. The zero-order valence-electron chi connectivity index (χ0n) is 13.5. The number of amides is 1. The van der Waals surface area contributed by atoms with Gasteiger partial charge < -0.3 is 15.2 Å². The second-order valence-corrected chi connectivity index (χ2v) is 5.37. The molecule has 2 rings (SSSR count). The minimum atomic E-state index is -0.416. The van der Waals surface area contributed by atoms with Gasteiger partial charge in [-0.25, -0.2) is 0 Å². The van der Waals surface area contributed by atoms with Gasteiger partial charge in [0, 0.05) is 19.3 Å². The van der Waals surface area contributed by atoms with E-state index in [0.29, 0.717) is 12.2 Å². The van der Waals surface area contributed by atoms with Crippen LogP contribution in [0.2, 0.25) is 0 Å². The Morgan fingerprint density at radius 1 is 0.957 bits per heavy atom. The van der Waals surface area contributed by atoms with Crippen molar-refractivity contribution in [1.82, 2.24) is 0 Å². The van der Waals surface area contributed by atoms with E-state index in [4.69, 9.17) is 15.2 Å². The Morgan fingerprint density at radius 3 is 2.39 bits per heavy atom. The fourth-order valence-corrected chi connectivity index (χ4v) is 2.31. The molecule has 0 aliphatic carbocycles. The van der Waals surface area contributed by atoms with E-state index in [2.05, 4.69) is 0 Å². The van der Waals surface area contributed by atoms with Crippen LogP contribution in [0.4, 0.5) is 0 Å². The van der Waals surface area contributed by atoms with Crippen LogP contribution in [0.25, 0.3) is 11.1 Å². The van der Waals surface area contributed by atoms with Crippen molar-refractivity contribution < 1.29 is 14.3 Å². The van der Waals surface area contributed by atoms with Gasteiger partial charge in [-0.2, -0.15) is 0 Å². The molecule has 0 heterocycles. The summed E-state index contributed by atoms with van der Waals surface area (Å²) in [4.78, 5) is 11.2. The van der Waals surface area contributed by atoms with E-state index in [1.54, 1.807) is 19.2 Å². The van der Waals surface area contributed by atoms with E-state index in [9.17, 15) is 4.79 Å².